The summed E-state index contributed by atoms with van der Waals surface area (Å²) in [6.07, 6.45) is -5.00. The second-order valence-electron chi connectivity index (χ2n) is 12.3. The van der Waals surface area contributed by atoms with Gasteiger partial charge in [-0.2, -0.15) is 27.2 Å². The summed E-state index contributed by atoms with van der Waals surface area (Å²) in [7, 11) is 1.39. The molecule has 3 N–H and O–H groups in total. The molecule has 0 heterocycles. The number of benzene rings is 3. The van der Waals surface area contributed by atoms with Gasteiger partial charge >= 0.3 is 12.1 Å². The average Bonchev–Trinajstić information content (AvgIpc) is 3.11. The van der Waals surface area contributed by atoms with Crippen molar-refractivity contribution in [3.63, 3.8) is 0 Å². The molecule has 1 saturated carbocycles. The van der Waals surface area contributed by atoms with Crippen LogP contribution >= 0.6 is 0 Å². The highest BCUT2D eigenvalue weighted by Gasteiger charge is 2.53. The van der Waals surface area contributed by atoms with Crippen LogP contribution in [-0.2, 0) is 25.6 Å². The van der Waals surface area contributed by atoms with E-state index in [9.17, 15) is 42.4 Å². The summed E-state index contributed by atoms with van der Waals surface area (Å²) in [6, 6.07) is 19.1. The average molecular weight is 727 g/mol. The molecule has 0 radical (unpaired) electrons. The van der Waals surface area contributed by atoms with E-state index in [2.05, 4.69) is 10.6 Å². The van der Waals surface area contributed by atoms with Gasteiger partial charge in [0.1, 0.15) is 24.4 Å². The van der Waals surface area contributed by atoms with Crippen LogP contribution in [0.25, 0.3) is 0 Å². The number of nitriles is 1. The van der Waals surface area contributed by atoms with Crippen molar-refractivity contribution >= 4 is 29.3 Å². The van der Waals surface area contributed by atoms with Gasteiger partial charge in [-0.1, -0.05) is 48.9 Å². The quantitative estimate of drug-likeness (QED) is 0.138. The number of nitrogens with zero attached hydrogens (tertiary/aromatic N) is 1. The molecule has 1 fully saturated rings. The summed E-state index contributed by atoms with van der Waals surface area (Å²) in [5, 5.41) is 15.6. The van der Waals surface area contributed by atoms with Crippen molar-refractivity contribution in [3.05, 3.63) is 101 Å². The number of methoxy groups -OCH3 is 1. The second-order valence-corrected chi connectivity index (χ2v) is 12.3. The molecular weight excluding hydrogens is 691 g/mol. The highest BCUT2D eigenvalue weighted by molar-refractivity contribution is 6.09. The fourth-order valence-electron chi connectivity index (χ4n) is 5.72. The van der Waals surface area contributed by atoms with Gasteiger partial charge in [-0.25, -0.2) is 0 Å². The largest absolute Gasteiger partial charge is 0.497 e. The topological polar surface area (TPSA) is 154 Å². The highest BCUT2D eigenvalue weighted by Crippen LogP contribution is 2.40. The van der Waals surface area contributed by atoms with Crippen molar-refractivity contribution in [2.45, 2.75) is 56.3 Å². The van der Waals surface area contributed by atoms with Crippen LogP contribution in [0.15, 0.2) is 78.9 Å². The number of ether oxygens (including phenoxy) is 1. The number of halogens is 5. The van der Waals surface area contributed by atoms with Gasteiger partial charge < -0.3 is 20.7 Å². The monoisotopic (exact) mass is 726 g/mol. The second kappa shape index (κ2) is 17.0. The number of carbonyl (C=O) groups excluding carboxylic acids is 5. The summed E-state index contributed by atoms with van der Waals surface area (Å²) in [5.74, 6) is -13.9. The Labute approximate surface area is 295 Å². The third-order valence-corrected chi connectivity index (χ3v) is 8.73. The molecular formula is C37H35F5N4O6. The van der Waals surface area contributed by atoms with Gasteiger partial charge in [0.25, 0.3) is 11.8 Å². The number of ketones is 2. The first-order chi connectivity index (χ1) is 24.6. The lowest BCUT2D eigenvalue weighted by Crippen LogP contribution is -2.53. The molecule has 0 bridgehead atoms. The first-order valence-electron chi connectivity index (χ1n) is 16.2. The number of hydrogen-bond donors (Lipinski definition) is 3. The van der Waals surface area contributed by atoms with E-state index < -0.39 is 78.3 Å². The van der Waals surface area contributed by atoms with E-state index >= 15 is 8.78 Å². The van der Waals surface area contributed by atoms with Crippen molar-refractivity contribution < 1.29 is 50.7 Å². The molecule has 0 saturated heterocycles. The maximum atomic E-state index is 15.1. The number of hydrogen-bond acceptors (Lipinski definition) is 7. The zero-order valence-corrected chi connectivity index (χ0v) is 27.8. The molecule has 1 aliphatic carbocycles. The fourth-order valence-corrected chi connectivity index (χ4v) is 5.72. The smallest absolute Gasteiger partial charge is 0.405 e. The molecule has 0 spiro atoms. The lowest BCUT2D eigenvalue weighted by Gasteiger charge is -2.35. The minimum atomic E-state index is -5.02. The Balaban J connectivity index is 1.65. The van der Waals surface area contributed by atoms with E-state index in [1.165, 1.54) is 49.6 Å². The van der Waals surface area contributed by atoms with Crippen molar-refractivity contribution in [1.29, 1.82) is 5.26 Å². The van der Waals surface area contributed by atoms with Crippen molar-refractivity contribution in [1.82, 2.24) is 16.0 Å². The number of amides is 3. The Morgan fingerprint density at radius 3 is 2.15 bits per heavy atom. The Morgan fingerprint density at radius 1 is 0.904 bits per heavy atom. The molecule has 274 valence electrons. The van der Waals surface area contributed by atoms with Crippen LogP contribution in [0.5, 0.6) is 5.75 Å². The van der Waals surface area contributed by atoms with Gasteiger partial charge in [0.2, 0.25) is 11.7 Å². The maximum Gasteiger partial charge on any atom is 0.405 e. The van der Waals surface area contributed by atoms with Gasteiger partial charge in [-0.15, -0.1) is 0 Å². The summed E-state index contributed by atoms with van der Waals surface area (Å²) >= 11 is 0. The molecule has 52 heavy (non-hydrogen) atoms. The van der Waals surface area contributed by atoms with Crippen molar-refractivity contribution in [3.8, 4) is 11.8 Å². The summed E-state index contributed by atoms with van der Waals surface area (Å²) < 4.78 is 73.2. The molecule has 3 amide bonds. The first kappa shape index (κ1) is 39.1. The number of carbonyl (C=O) groups is 5. The minimum absolute atomic E-state index is 0.133. The van der Waals surface area contributed by atoms with Gasteiger partial charge in [0.05, 0.1) is 18.7 Å². The number of rotatable bonds is 16. The van der Waals surface area contributed by atoms with E-state index in [1.54, 1.807) is 36.4 Å². The summed E-state index contributed by atoms with van der Waals surface area (Å²) in [6.45, 7) is -2.09. The van der Waals surface area contributed by atoms with E-state index in [4.69, 9.17) is 4.74 Å². The minimum Gasteiger partial charge on any atom is -0.497 e. The molecule has 3 atom stereocenters. The molecule has 0 unspecified atom stereocenters. The van der Waals surface area contributed by atoms with E-state index in [-0.39, 0.29) is 36.0 Å². The third kappa shape index (κ3) is 10.2. The molecule has 10 nitrogen and oxygen atoms in total. The van der Waals surface area contributed by atoms with Crippen LogP contribution in [0.2, 0.25) is 0 Å². The molecule has 3 aromatic carbocycles. The van der Waals surface area contributed by atoms with Gasteiger partial charge in [0, 0.05) is 24.3 Å². The van der Waals surface area contributed by atoms with Crippen LogP contribution in [-0.4, -0.2) is 61.1 Å². The Hall–Kier alpha value is -5.65. The molecule has 4 rings (SSSR count). The zero-order chi connectivity index (χ0) is 38.1. The third-order valence-electron chi connectivity index (χ3n) is 8.73. The molecule has 0 aliphatic heterocycles. The zero-order valence-electron chi connectivity index (χ0n) is 27.8. The van der Waals surface area contributed by atoms with Crippen molar-refractivity contribution in [2.24, 2.45) is 11.8 Å². The van der Waals surface area contributed by atoms with E-state index in [0.29, 0.717) is 17.7 Å². The molecule has 1 aliphatic rings. The highest BCUT2D eigenvalue weighted by atomic mass is 19.4. The van der Waals surface area contributed by atoms with Crippen LogP contribution in [0.3, 0.4) is 0 Å². The predicted molar refractivity (Wildman–Crippen MR) is 176 cm³/mol. The first-order valence-corrected chi connectivity index (χ1v) is 16.2. The SMILES string of the molecule is COc1ccc([C@H](NC(=O)[C@H](Cc2cccc(C#N)c2)NC(=O)c2ccccc2)C(=O)C[C@H](C(=O)C(F)(F)C(=O)NCC(F)(F)F)C2CCC2)cc1. The van der Waals surface area contributed by atoms with Gasteiger partial charge in [0.15, 0.2) is 5.78 Å². The van der Waals surface area contributed by atoms with E-state index in [1.807, 2.05) is 6.07 Å². The number of Topliss-reactive ketones (excluding diaryl/α,β-unsaturated/α-hetero) is 2. The number of alkyl halides is 5. The van der Waals surface area contributed by atoms with Crippen LogP contribution in [0.4, 0.5) is 22.0 Å². The standard InChI is InChI=1S/C37H35F5N4O6/c1-52-27-15-13-25(14-16-27)31(30(47)19-28(24-11-6-12-24)32(48)37(41,42)35(51)44-21-36(38,39)40)46-34(50)29(18-22-7-5-8-23(17-22)20-43)45-33(49)26-9-3-2-4-10-26/h2-5,7-10,13-17,24,28-29,31H,6,11-12,18-19,21H2,1H3,(H,44,51)(H,45,49)(H,46,50)/t28-,29-,31-/m0/s1. The molecule has 15 heteroatoms. The summed E-state index contributed by atoms with van der Waals surface area (Å²) in [5.41, 5.74) is 1.15. The van der Waals surface area contributed by atoms with Crippen LogP contribution in [0, 0.1) is 23.2 Å². The Bertz CT molecular complexity index is 1810. The van der Waals surface area contributed by atoms with Gasteiger partial charge in [-0.3, -0.25) is 24.0 Å². The van der Waals surface area contributed by atoms with Crippen molar-refractivity contribution in [2.75, 3.05) is 13.7 Å². The molecule has 3 aromatic rings. The fraction of sp³-hybridized carbons (Fsp3) is 0.351. The summed E-state index contributed by atoms with van der Waals surface area (Å²) in [4.78, 5) is 66.5. The Morgan fingerprint density at radius 2 is 1.58 bits per heavy atom. The molecule has 0 aromatic heterocycles. The van der Waals surface area contributed by atoms with E-state index in [0.717, 1.165) is 5.32 Å². The van der Waals surface area contributed by atoms with Crippen LogP contribution in [0.1, 0.15) is 58.8 Å². The van der Waals surface area contributed by atoms with Gasteiger partial charge in [-0.05, 0) is 66.3 Å². The predicted octanol–water partition coefficient (Wildman–Crippen LogP) is 5.02. The number of nitrogens with one attached hydrogen (secondary N) is 3. The normalized spacial score (nSPS) is 14.8. The maximum absolute atomic E-state index is 15.1. The lowest BCUT2D eigenvalue weighted by atomic mass is 9.70. The Kier molecular flexibility index (Phi) is 12.8. The lowest BCUT2D eigenvalue weighted by molar-refractivity contribution is -0.168. The van der Waals surface area contributed by atoms with Crippen LogP contribution < -0.4 is 20.7 Å².